The first-order valence-corrected chi connectivity index (χ1v) is 12.6. The van der Waals surface area contributed by atoms with Gasteiger partial charge >= 0.3 is 0 Å². The van der Waals surface area contributed by atoms with Crippen molar-refractivity contribution in [1.29, 1.82) is 0 Å². The quantitative estimate of drug-likeness (QED) is 0.320. The molecule has 1 atom stereocenters. The lowest BCUT2D eigenvalue weighted by atomic mass is 9.90. The van der Waals surface area contributed by atoms with Crippen molar-refractivity contribution in [1.82, 2.24) is 4.90 Å². The third kappa shape index (κ3) is 4.93. The van der Waals surface area contributed by atoms with Gasteiger partial charge in [0.05, 0.1) is 18.2 Å². The van der Waals surface area contributed by atoms with Gasteiger partial charge in [0.15, 0.2) is 0 Å². The Labute approximate surface area is 208 Å². The zero-order valence-corrected chi connectivity index (χ0v) is 21.2. The molecular weight excluding hydrogens is 440 g/mol. The molecule has 1 aliphatic heterocycles. The fourth-order valence-electron chi connectivity index (χ4n) is 5.19. The number of ether oxygens (including phenoxy) is 1. The number of Topliss-reactive ketones (excluding diaryl/α,β-unsaturated/α-hetero) is 1. The van der Waals surface area contributed by atoms with Gasteiger partial charge < -0.3 is 19.6 Å². The van der Waals surface area contributed by atoms with Crippen LogP contribution >= 0.6 is 0 Å². The van der Waals surface area contributed by atoms with Crippen molar-refractivity contribution < 1.29 is 19.4 Å². The van der Waals surface area contributed by atoms with E-state index >= 15 is 0 Å². The summed E-state index contributed by atoms with van der Waals surface area (Å²) in [4.78, 5) is 30.5. The molecule has 1 saturated carbocycles. The molecule has 1 amide bonds. The number of aliphatic hydroxyl groups excluding tert-OH is 1. The fraction of sp³-hybridized carbons (Fsp3) is 0.448. The fourth-order valence-corrected chi connectivity index (χ4v) is 5.19. The summed E-state index contributed by atoms with van der Waals surface area (Å²) in [7, 11) is 3.94. The standard InChI is InChI=1S/C29H36N2O4/c1-5-17-35-24-16-13-21(18-19(24)2)27(32)25-26(20-11-14-22(15-12-20)30(3)4)31(29(34)28(25)33)23-9-7-6-8-10-23/h11-16,18,23,26,32H,5-10,17H2,1-4H3/b27-25-. The van der Waals surface area contributed by atoms with Gasteiger partial charge in [0.1, 0.15) is 11.5 Å². The highest BCUT2D eigenvalue weighted by Gasteiger charge is 2.48. The first-order valence-electron chi connectivity index (χ1n) is 12.6. The van der Waals surface area contributed by atoms with Gasteiger partial charge in [-0.2, -0.15) is 0 Å². The Morgan fingerprint density at radius 1 is 1.06 bits per heavy atom. The lowest BCUT2D eigenvalue weighted by Crippen LogP contribution is -2.40. The van der Waals surface area contributed by atoms with Crippen LogP contribution in [0.5, 0.6) is 5.75 Å². The molecule has 0 bridgehead atoms. The summed E-state index contributed by atoms with van der Waals surface area (Å²) in [5.41, 5.74) is 3.42. The van der Waals surface area contributed by atoms with Gasteiger partial charge in [-0.05, 0) is 67.6 Å². The van der Waals surface area contributed by atoms with Crippen molar-refractivity contribution in [3.63, 3.8) is 0 Å². The summed E-state index contributed by atoms with van der Waals surface area (Å²) in [6.07, 6.45) is 5.88. The number of hydrogen-bond donors (Lipinski definition) is 1. The molecule has 2 aromatic rings. The SMILES string of the molecule is CCCOc1ccc(/C(O)=C2/C(=O)C(=O)N(C3CCCCC3)C2c2ccc(N(C)C)cc2)cc1C. The van der Waals surface area contributed by atoms with Crippen LogP contribution in [0.1, 0.15) is 68.2 Å². The van der Waals surface area contributed by atoms with E-state index < -0.39 is 17.7 Å². The number of anilines is 1. The molecule has 186 valence electrons. The Bertz CT molecular complexity index is 1110. The normalized spacial score (nSPS) is 20.3. The lowest BCUT2D eigenvalue weighted by molar-refractivity contribution is -0.141. The summed E-state index contributed by atoms with van der Waals surface area (Å²) < 4.78 is 5.77. The zero-order valence-electron chi connectivity index (χ0n) is 21.2. The van der Waals surface area contributed by atoms with Gasteiger partial charge in [-0.15, -0.1) is 0 Å². The minimum Gasteiger partial charge on any atom is -0.507 e. The third-order valence-electron chi connectivity index (χ3n) is 7.08. The Balaban J connectivity index is 1.81. The smallest absolute Gasteiger partial charge is 0.295 e. The molecule has 0 radical (unpaired) electrons. The van der Waals surface area contributed by atoms with Crippen LogP contribution in [0.2, 0.25) is 0 Å². The van der Waals surface area contributed by atoms with Gasteiger partial charge in [0.2, 0.25) is 0 Å². The maximum Gasteiger partial charge on any atom is 0.295 e. The van der Waals surface area contributed by atoms with Crippen LogP contribution in [-0.4, -0.2) is 48.4 Å². The predicted molar refractivity (Wildman–Crippen MR) is 139 cm³/mol. The molecule has 1 saturated heterocycles. The number of aliphatic hydroxyl groups is 1. The molecule has 35 heavy (non-hydrogen) atoms. The van der Waals surface area contributed by atoms with Gasteiger partial charge in [0.25, 0.3) is 11.7 Å². The van der Waals surface area contributed by atoms with E-state index in [1.807, 2.05) is 69.2 Å². The Kier molecular flexibility index (Phi) is 7.48. The molecule has 2 fully saturated rings. The maximum absolute atomic E-state index is 13.4. The van der Waals surface area contributed by atoms with Gasteiger partial charge in [-0.3, -0.25) is 9.59 Å². The number of ketones is 1. The van der Waals surface area contributed by atoms with Crippen LogP contribution in [-0.2, 0) is 9.59 Å². The van der Waals surface area contributed by atoms with Crippen LogP contribution in [0.25, 0.3) is 5.76 Å². The second-order valence-corrected chi connectivity index (χ2v) is 9.81. The van der Waals surface area contributed by atoms with Crippen molar-refractivity contribution >= 4 is 23.1 Å². The zero-order chi connectivity index (χ0) is 25.1. The van der Waals surface area contributed by atoms with Crippen molar-refractivity contribution in [3.8, 4) is 5.75 Å². The monoisotopic (exact) mass is 476 g/mol. The summed E-state index contributed by atoms with van der Waals surface area (Å²) in [5.74, 6) is -0.506. The highest BCUT2D eigenvalue weighted by Crippen LogP contribution is 2.43. The highest BCUT2D eigenvalue weighted by atomic mass is 16.5. The van der Waals surface area contributed by atoms with E-state index in [1.54, 1.807) is 11.0 Å². The van der Waals surface area contributed by atoms with Crippen LogP contribution in [0.4, 0.5) is 5.69 Å². The molecule has 4 rings (SSSR count). The van der Waals surface area contributed by atoms with Crippen LogP contribution in [0.15, 0.2) is 48.0 Å². The number of benzene rings is 2. The summed E-state index contributed by atoms with van der Waals surface area (Å²) in [6, 6.07) is 12.7. The number of nitrogens with zero attached hydrogens (tertiary/aromatic N) is 2. The molecule has 0 spiro atoms. The topological polar surface area (TPSA) is 70.1 Å². The van der Waals surface area contributed by atoms with E-state index in [9.17, 15) is 14.7 Å². The second-order valence-electron chi connectivity index (χ2n) is 9.81. The number of amides is 1. The summed E-state index contributed by atoms with van der Waals surface area (Å²) >= 11 is 0. The first kappa shape index (κ1) is 24.8. The van der Waals surface area contributed by atoms with E-state index in [0.717, 1.165) is 61.1 Å². The maximum atomic E-state index is 13.4. The van der Waals surface area contributed by atoms with Gasteiger partial charge in [-0.1, -0.05) is 38.3 Å². The lowest BCUT2D eigenvalue weighted by Gasteiger charge is -2.35. The number of hydrogen-bond acceptors (Lipinski definition) is 5. The van der Waals surface area contributed by atoms with Gasteiger partial charge in [-0.25, -0.2) is 0 Å². The minimum absolute atomic E-state index is 0.00409. The van der Waals surface area contributed by atoms with E-state index in [2.05, 4.69) is 0 Å². The average Bonchev–Trinajstić information content (AvgIpc) is 3.13. The average molecular weight is 477 g/mol. The van der Waals surface area contributed by atoms with Crippen molar-refractivity contribution in [2.24, 2.45) is 0 Å². The van der Waals surface area contributed by atoms with E-state index in [0.29, 0.717) is 12.2 Å². The van der Waals surface area contributed by atoms with Crippen LogP contribution < -0.4 is 9.64 Å². The number of likely N-dealkylation sites (tertiary alicyclic amines) is 1. The molecule has 1 unspecified atom stereocenters. The molecule has 1 N–H and O–H groups in total. The number of carbonyl (C=O) groups excluding carboxylic acids is 2. The predicted octanol–water partition coefficient (Wildman–Crippen LogP) is 5.60. The van der Waals surface area contributed by atoms with E-state index in [-0.39, 0.29) is 17.4 Å². The molecule has 0 aromatic heterocycles. The Morgan fingerprint density at radius 3 is 2.34 bits per heavy atom. The summed E-state index contributed by atoms with van der Waals surface area (Å²) in [6.45, 7) is 4.58. The number of aryl methyl sites for hydroxylation is 1. The molecule has 1 aliphatic carbocycles. The van der Waals surface area contributed by atoms with Crippen molar-refractivity contribution in [2.75, 3.05) is 25.6 Å². The van der Waals surface area contributed by atoms with E-state index in [1.165, 1.54) is 0 Å². The molecule has 2 aliphatic rings. The molecule has 1 heterocycles. The largest absolute Gasteiger partial charge is 0.507 e. The summed E-state index contributed by atoms with van der Waals surface area (Å²) in [5, 5.41) is 11.4. The van der Waals surface area contributed by atoms with E-state index in [4.69, 9.17) is 4.74 Å². The van der Waals surface area contributed by atoms with Crippen molar-refractivity contribution in [3.05, 3.63) is 64.7 Å². The van der Waals surface area contributed by atoms with Crippen LogP contribution in [0.3, 0.4) is 0 Å². The molecule has 6 heteroatoms. The van der Waals surface area contributed by atoms with Gasteiger partial charge in [0, 0.05) is 31.4 Å². The first-order chi connectivity index (χ1) is 16.8. The van der Waals surface area contributed by atoms with Crippen molar-refractivity contribution in [2.45, 2.75) is 64.5 Å². The minimum atomic E-state index is -0.612. The second kappa shape index (κ2) is 10.5. The third-order valence-corrected chi connectivity index (χ3v) is 7.08. The number of carbonyl (C=O) groups is 2. The Hall–Kier alpha value is -3.28. The molecular formula is C29H36N2O4. The molecule has 2 aromatic carbocycles. The Morgan fingerprint density at radius 2 is 1.74 bits per heavy atom. The molecule has 6 nitrogen and oxygen atoms in total. The highest BCUT2D eigenvalue weighted by molar-refractivity contribution is 6.46. The van der Waals surface area contributed by atoms with Crippen LogP contribution in [0, 0.1) is 6.92 Å². The number of rotatable bonds is 7.